The molecule has 1 aromatic carbocycles. The molecule has 24 heavy (non-hydrogen) atoms. The van der Waals surface area contributed by atoms with E-state index >= 15 is 0 Å². The normalized spacial score (nSPS) is 15.2. The Labute approximate surface area is 141 Å². The summed E-state index contributed by atoms with van der Waals surface area (Å²) in [5, 5.41) is 2.88. The number of amides is 1. The second-order valence-electron chi connectivity index (χ2n) is 6.07. The van der Waals surface area contributed by atoms with Gasteiger partial charge < -0.3 is 10.1 Å². The molecule has 124 valence electrons. The maximum absolute atomic E-state index is 12.7. The van der Waals surface area contributed by atoms with Crippen molar-refractivity contribution in [2.45, 2.75) is 31.7 Å². The van der Waals surface area contributed by atoms with E-state index in [4.69, 9.17) is 4.74 Å². The fourth-order valence-corrected chi connectivity index (χ4v) is 3.07. The van der Waals surface area contributed by atoms with Crippen LogP contribution in [0.5, 0.6) is 0 Å². The number of benzene rings is 1. The topological polar surface area (TPSA) is 68.3 Å². The second kappa shape index (κ2) is 6.43. The Balaban J connectivity index is 1.90. The quantitative estimate of drug-likeness (QED) is 0.878. The molecule has 0 saturated heterocycles. The SMILES string of the molecule is COC(=O)C1(NC(=O)c2cccc(-c3ccccn3)c2C)CCC1. The van der Waals surface area contributed by atoms with Gasteiger partial charge in [-0.1, -0.05) is 18.2 Å². The first kappa shape index (κ1) is 16.2. The predicted octanol–water partition coefficient (Wildman–Crippen LogP) is 2.88. The van der Waals surface area contributed by atoms with Gasteiger partial charge in [0.1, 0.15) is 5.54 Å². The van der Waals surface area contributed by atoms with Crippen molar-refractivity contribution < 1.29 is 14.3 Å². The number of rotatable bonds is 4. The number of ether oxygens (including phenoxy) is 1. The largest absolute Gasteiger partial charge is 0.467 e. The second-order valence-corrected chi connectivity index (χ2v) is 6.07. The van der Waals surface area contributed by atoms with Crippen molar-refractivity contribution in [1.29, 1.82) is 0 Å². The summed E-state index contributed by atoms with van der Waals surface area (Å²) in [5.74, 6) is -0.629. The van der Waals surface area contributed by atoms with Gasteiger partial charge in [-0.2, -0.15) is 0 Å². The van der Waals surface area contributed by atoms with E-state index in [1.807, 2.05) is 37.3 Å². The highest BCUT2D eigenvalue weighted by molar-refractivity contribution is 6.00. The summed E-state index contributed by atoms with van der Waals surface area (Å²) in [5.41, 5.74) is 2.24. The molecule has 1 fully saturated rings. The standard InChI is InChI=1S/C19H20N2O3/c1-13-14(16-9-3-4-12-20-16)7-5-8-15(13)17(22)21-19(10-6-11-19)18(23)24-2/h3-5,7-9,12H,6,10-11H2,1-2H3,(H,21,22). The van der Waals surface area contributed by atoms with Crippen molar-refractivity contribution in [2.24, 2.45) is 0 Å². The van der Waals surface area contributed by atoms with Gasteiger partial charge in [0.05, 0.1) is 12.8 Å². The summed E-state index contributed by atoms with van der Waals surface area (Å²) in [6, 6.07) is 11.2. The van der Waals surface area contributed by atoms with Gasteiger partial charge in [0.15, 0.2) is 0 Å². The van der Waals surface area contributed by atoms with Crippen LogP contribution in [0.1, 0.15) is 35.2 Å². The summed E-state index contributed by atoms with van der Waals surface area (Å²) in [6.45, 7) is 1.89. The van der Waals surface area contributed by atoms with Gasteiger partial charge in [0, 0.05) is 17.3 Å². The Bertz CT molecular complexity index is 767. The van der Waals surface area contributed by atoms with E-state index in [1.165, 1.54) is 7.11 Å². The minimum Gasteiger partial charge on any atom is -0.467 e. The summed E-state index contributed by atoms with van der Waals surface area (Å²) < 4.78 is 4.85. The highest BCUT2D eigenvalue weighted by atomic mass is 16.5. The zero-order valence-corrected chi connectivity index (χ0v) is 13.8. The lowest BCUT2D eigenvalue weighted by molar-refractivity contribution is -0.152. The molecule has 0 atom stereocenters. The average molecular weight is 324 g/mol. The molecule has 5 heteroatoms. The minimum absolute atomic E-state index is 0.254. The van der Waals surface area contributed by atoms with Gasteiger partial charge in [-0.05, 0) is 49.9 Å². The number of aromatic nitrogens is 1. The van der Waals surface area contributed by atoms with Crippen molar-refractivity contribution in [3.63, 3.8) is 0 Å². The summed E-state index contributed by atoms with van der Waals surface area (Å²) in [7, 11) is 1.35. The molecule has 1 amide bonds. The molecule has 1 N–H and O–H groups in total. The van der Waals surface area contributed by atoms with Crippen LogP contribution in [0, 0.1) is 6.92 Å². The van der Waals surface area contributed by atoms with Crippen LogP contribution < -0.4 is 5.32 Å². The molecule has 0 spiro atoms. The molecular weight excluding hydrogens is 304 g/mol. The van der Waals surface area contributed by atoms with Gasteiger partial charge in [-0.25, -0.2) is 4.79 Å². The lowest BCUT2D eigenvalue weighted by Crippen LogP contribution is -2.59. The molecule has 0 unspecified atom stereocenters. The Morgan fingerprint density at radius 1 is 1.17 bits per heavy atom. The predicted molar refractivity (Wildman–Crippen MR) is 90.5 cm³/mol. The van der Waals surface area contributed by atoms with E-state index in [0.717, 1.165) is 23.2 Å². The van der Waals surface area contributed by atoms with Crippen LogP contribution in [0.4, 0.5) is 0 Å². The first-order valence-electron chi connectivity index (χ1n) is 7.99. The van der Waals surface area contributed by atoms with E-state index in [9.17, 15) is 9.59 Å². The van der Waals surface area contributed by atoms with Crippen LogP contribution >= 0.6 is 0 Å². The molecule has 1 aromatic heterocycles. The van der Waals surface area contributed by atoms with Crippen molar-refractivity contribution >= 4 is 11.9 Å². The smallest absolute Gasteiger partial charge is 0.331 e. The van der Waals surface area contributed by atoms with Crippen LogP contribution in [0.2, 0.25) is 0 Å². The fourth-order valence-electron chi connectivity index (χ4n) is 3.07. The van der Waals surface area contributed by atoms with E-state index in [-0.39, 0.29) is 11.9 Å². The molecule has 0 radical (unpaired) electrons. The summed E-state index contributed by atoms with van der Waals surface area (Å²) in [4.78, 5) is 29.1. The van der Waals surface area contributed by atoms with Crippen molar-refractivity contribution in [2.75, 3.05) is 7.11 Å². The van der Waals surface area contributed by atoms with E-state index in [2.05, 4.69) is 10.3 Å². The Morgan fingerprint density at radius 3 is 2.54 bits per heavy atom. The third-order valence-corrected chi connectivity index (χ3v) is 4.66. The van der Waals surface area contributed by atoms with Crippen LogP contribution in [-0.4, -0.2) is 29.5 Å². The molecule has 5 nitrogen and oxygen atoms in total. The fraction of sp³-hybridized carbons (Fsp3) is 0.316. The Morgan fingerprint density at radius 2 is 1.96 bits per heavy atom. The molecule has 3 rings (SSSR count). The molecule has 0 aliphatic heterocycles. The van der Waals surface area contributed by atoms with Gasteiger partial charge in [-0.15, -0.1) is 0 Å². The molecule has 2 aromatic rings. The lowest BCUT2D eigenvalue weighted by Gasteiger charge is -2.39. The number of esters is 1. The summed E-state index contributed by atoms with van der Waals surface area (Å²) in [6.07, 6.45) is 3.86. The van der Waals surface area contributed by atoms with Crippen molar-refractivity contribution in [1.82, 2.24) is 10.3 Å². The summed E-state index contributed by atoms with van der Waals surface area (Å²) >= 11 is 0. The zero-order chi connectivity index (χ0) is 17.2. The highest BCUT2D eigenvalue weighted by Gasteiger charge is 2.46. The minimum atomic E-state index is -0.876. The number of methoxy groups -OCH3 is 1. The van der Waals surface area contributed by atoms with Crippen LogP contribution in [0.15, 0.2) is 42.6 Å². The van der Waals surface area contributed by atoms with E-state index in [0.29, 0.717) is 18.4 Å². The van der Waals surface area contributed by atoms with Gasteiger partial charge >= 0.3 is 5.97 Å². The number of pyridine rings is 1. The number of carbonyl (C=O) groups excluding carboxylic acids is 2. The van der Waals surface area contributed by atoms with Crippen LogP contribution in [-0.2, 0) is 9.53 Å². The van der Waals surface area contributed by atoms with Crippen molar-refractivity contribution in [3.05, 3.63) is 53.7 Å². The lowest BCUT2D eigenvalue weighted by atomic mass is 9.76. The van der Waals surface area contributed by atoms with E-state index in [1.54, 1.807) is 12.3 Å². The molecule has 1 heterocycles. The first-order chi connectivity index (χ1) is 11.6. The first-order valence-corrected chi connectivity index (χ1v) is 7.99. The number of nitrogens with zero attached hydrogens (tertiary/aromatic N) is 1. The average Bonchev–Trinajstić information content (AvgIpc) is 2.58. The van der Waals surface area contributed by atoms with Crippen LogP contribution in [0.25, 0.3) is 11.3 Å². The van der Waals surface area contributed by atoms with Gasteiger partial charge in [0.2, 0.25) is 0 Å². The third-order valence-electron chi connectivity index (χ3n) is 4.66. The molecule has 1 saturated carbocycles. The maximum Gasteiger partial charge on any atom is 0.331 e. The van der Waals surface area contributed by atoms with Crippen LogP contribution in [0.3, 0.4) is 0 Å². The highest BCUT2D eigenvalue weighted by Crippen LogP contribution is 2.34. The molecule has 0 bridgehead atoms. The van der Waals surface area contributed by atoms with Gasteiger partial charge in [0.25, 0.3) is 5.91 Å². The Kier molecular flexibility index (Phi) is 4.34. The van der Waals surface area contributed by atoms with Crippen molar-refractivity contribution in [3.8, 4) is 11.3 Å². The Hall–Kier alpha value is -2.69. The number of carbonyl (C=O) groups is 2. The monoisotopic (exact) mass is 324 g/mol. The number of hydrogen-bond acceptors (Lipinski definition) is 4. The maximum atomic E-state index is 12.7. The molecule has 1 aliphatic rings. The zero-order valence-electron chi connectivity index (χ0n) is 13.8. The molecule has 1 aliphatic carbocycles. The van der Waals surface area contributed by atoms with E-state index < -0.39 is 5.54 Å². The van der Waals surface area contributed by atoms with Gasteiger partial charge in [-0.3, -0.25) is 9.78 Å². The molecular formula is C19H20N2O3. The number of hydrogen-bond donors (Lipinski definition) is 1. The third kappa shape index (κ3) is 2.77. The number of nitrogens with one attached hydrogen (secondary N) is 1.